The van der Waals surface area contributed by atoms with E-state index in [2.05, 4.69) is 4.98 Å². The lowest BCUT2D eigenvalue weighted by atomic mass is 9.90. The smallest absolute Gasteiger partial charge is 0.323 e. The van der Waals surface area contributed by atoms with Crippen molar-refractivity contribution in [3.8, 4) is 17.2 Å². The normalized spacial score (nSPS) is 15.4. The molecule has 0 radical (unpaired) electrons. The van der Waals surface area contributed by atoms with Crippen molar-refractivity contribution in [3.63, 3.8) is 0 Å². The highest BCUT2D eigenvalue weighted by Gasteiger charge is 2.31. The van der Waals surface area contributed by atoms with Crippen LogP contribution in [0.1, 0.15) is 38.2 Å². The van der Waals surface area contributed by atoms with Crippen LogP contribution >= 0.6 is 0 Å². The van der Waals surface area contributed by atoms with E-state index in [1.807, 2.05) is 38.2 Å². The molecule has 2 aromatic heterocycles. The quantitative estimate of drug-likeness (QED) is 0.355. The fourth-order valence-electron chi connectivity index (χ4n) is 4.94. The molecule has 0 aliphatic carbocycles. The van der Waals surface area contributed by atoms with Crippen molar-refractivity contribution >= 4 is 26.9 Å². The van der Waals surface area contributed by atoms with Gasteiger partial charge in [-0.05, 0) is 74.6 Å². The number of benzene rings is 2. The molecular weight excluding hydrogens is 494 g/mol. The summed E-state index contributed by atoms with van der Waals surface area (Å²) in [7, 11) is -3.62. The molecule has 0 amide bonds. The molecule has 0 spiro atoms. The number of nitrogens with zero attached hydrogens (tertiary/aromatic N) is 3. The number of carboxylic acids is 1. The predicted molar refractivity (Wildman–Crippen MR) is 138 cm³/mol. The molecule has 10 heteroatoms. The third-order valence-electron chi connectivity index (χ3n) is 6.63. The van der Waals surface area contributed by atoms with Gasteiger partial charge in [0.2, 0.25) is 15.9 Å². The van der Waals surface area contributed by atoms with E-state index in [0.717, 1.165) is 22.0 Å². The van der Waals surface area contributed by atoms with Gasteiger partial charge >= 0.3 is 5.97 Å². The van der Waals surface area contributed by atoms with Crippen LogP contribution in [-0.2, 0) is 21.4 Å². The zero-order valence-corrected chi connectivity index (χ0v) is 21.5. The van der Waals surface area contributed by atoms with Crippen LogP contribution in [0.5, 0.6) is 5.75 Å². The number of rotatable bonds is 8. The van der Waals surface area contributed by atoms with Gasteiger partial charge in [0.15, 0.2) is 0 Å². The van der Waals surface area contributed by atoms with E-state index in [4.69, 9.17) is 9.15 Å². The lowest BCUT2D eigenvalue weighted by molar-refractivity contribution is -0.137. The number of carboxylic acid groups (broad SMARTS) is 1. The maximum Gasteiger partial charge on any atom is 0.323 e. The maximum atomic E-state index is 13.3. The molecule has 4 aromatic rings. The zero-order valence-electron chi connectivity index (χ0n) is 20.7. The van der Waals surface area contributed by atoms with E-state index in [1.165, 1.54) is 10.6 Å². The van der Waals surface area contributed by atoms with Gasteiger partial charge in [0.05, 0.1) is 17.2 Å². The van der Waals surface area contributed by atoms with Gasteiger partial charge in [-0.25, -0.2) is 13.4 Å². The first-order valence-corrected chi connectivity index (χ1v) is 13.7. The number of aromatic nitrogens is 2. The Kier molecular flexibility index (Phi) is 6.78. The molecule has 194 valence electrons. The van der Waals surface area contributed by atoms with Crippen LogP contribution in [0.15, 0.2) is 70.4 Å². The molecule has 5 rings (SSSR count). The second-order valence-corrected chi connectivity index (χ2v) is 11.4. The Labute approximate surface area is 215 Å². The first-order chi connectivity index (χ1) is 17.7. The van der Waals surface area contributed by atoms with Gasteiger partial charge in [0.1, 0.15) is 18.6 Å². The molecule has 1 N–H and O–H groups in total. The largest absolute Gasteiger partial charge is 0.491 e. The fraction of sp³-hybridized carbons (Fsp3) is 0.333. The van der Waals surface area contributed by atoms with E-state index < -0.39 is 16.0 Å². The number of hydrogen-bond acceptors (Lipinski definition) is 6. The molecule has 1 fully saturated rings. The molecule has 0 atom stereocenters. The van der Waals surface area contributed by atoms with Crippen LogP contribution < -0.4 is 4.74 Å². The first-order valence-electron chi connectivity index (χ1n) is 12.2. The lowest BCUT2D eigenvalue weighted by Crippen LogP contribution is -2.37. The van der Waals surface area contributed by atoms with E-state index in [-0.39, 0.29) is 23.5 Å². The van der Waals surface area contributed by atoms with Gasteiger partial charge in [-0.15, -0.1) is 0 Å². The molecule has 1 aliphatic heterocycles. The Morgan fingerprint density at radius 1 is 1.16 bits per heavy atom. The monoisotopic (exact) mass is 523 g/mol. The number of hydrogen-bond donors (Lipinski definition) is 1. The number of fused-ring (bicyclic) bond motifs is 1. The number of sulfonamides is 1. The van der Waals surface area contributed by atoms with Gasteiger partial charge in [0, 0.05) is 35.8 Å². The first kappa shape index (κ1) is 25.0. The predicted octanol–water partition coefficient (Wildman–Crippen LogP) is 4.74. The highest BCUT2D eigenvalue weighted by atomic mass is 32.2. The second-order valence-electron chi connectivity index (χ2n) is 9.49. The van der Waals surface area contributed by atoms with Gasteiger partial charge in [0.25, 0.3) is 0 Å². The highest BCUT2D eigenvalue weighted by molar-refractivity contribution is 7.89. The molecule has 1 saturated heterocycles. The summed E-state index contributed by atoms with van der Waals surface area (Å²) in [5.41, 5.74) is 2.58. The summed E-state index contributed by atoms with van der Waals surface area (Å²) in [6, 6.07) is 12.3. The van der Waals surface area contributed by atoms with Crippen LogP contribution in [0.2, 0.25) is 0 Å². The minimum Gasteiger partial charge on any atom is -0.491 e. The van der Waals surface area contributed by atoms with Crippen LogP contribution in [0.4, 0.5) is 0 Å². The van der Waals surface area contributed by atoms with Crippen molar-refractivity contribution in [3.05, 3.63) is 66.7 Å². The van der Waals surface area contributed by atoms with Crippen molar-refractivity contribution in [2.75, 3.05) is 13.1 Å². The second kappa shape index (κ2) is 10.0. The zero-order chi connectivity index (χ0) is 26.2. The molecule has 0 unspecified atom stereocenters. The lowest BCUT2D eigenvalue weighted by Gasteiger charge is -2.31. The number of piperidine rings is 1. The van der Waals surface area contributed by atoms with Crippen molar-refractivity contribution in [2.24, 2.45) is 0 Å². The summed E-state index contributed by atoms with van der Waals surface area (Å²) in [5, 5.41) is 10.4. The van der Waals surface area contributed by atoms with E-state index in [1.54, 1.807) is 35.0 Å². The van der Waals surface area contributed by atoms with Gasteiger partial charge < -0.3 is 18.8 Å². The SMILES string of the molecule is CC(C)Oc1ccc(S(=O)(=O)N2CCC(c3cn(CC(=O)O)c4cc(-c5ncco5)ccc34)CC2)cc1. The average Bonchev–Trinajstić information content (AvgIpc) is 3.52. The maximum absolute atomic E-state index is 13.3. The molecule has 0 bridgehead atoms. The summed E-state index contributed by atoms with van der Waals surface area (Å²) in [6.45, 7) is 4.44. The van der Waals surface area contributed by atoms with Crippen LogP contribution in [-0.4, -0.2) is 52.5 Å². The van der Waals surface area contributed by atoms with Crippen molar-refractivity contribution in [1.29, 1.82) is 0 Å². The number of carbonyl (C=O) groups is 1. The highest BCUT2D eigenvalue weighted by Crippen LogP contribution is 2.37. The van der Waals surface area contributed by atoms with Crippen molar-refractivity contribution in [2.45, 2.75) is 50.2 Å². The van der Waals surface area contributed by atoms with Crippen molar-refractivity contribution < 1.29 is 27.5 Å². The molecule has 3 heterocycles. The summed E-state index contributed by atoms with van der Waals surface area (Å²) < 4.78 is 40.8. The molecule has 9 nitrogen and oxygen atoms in total. The van der Waals surface area contributed by atoms with Crippen LogP contribution in [0, 0.1) is 0 Å². The van der Waals surface area contributed by atoms with E-state index in [9.17, 15) is 18.3 Å². The van der Waals surface area contributed by atoms with Gasteiger partial charge in [-0.3, -0.25) is 4.79 Å². The van der Waals surface area contributed by atoms with E-state index >= 15 is 0 Å². The summed E-state index contributed by atoms with van der Waals surface area (Å²) >= 11 is 0. The van der Waals surface area contributed by atoms with E-state index in [0.29, 0.717) is 37.6 Å². The minimum atomic E-state index is -3.62. The van der Waals surface area contributed by atoms with Crippen LogP contribution in [0.25, 0.3) is 22.4 Å². The third kappa shape index (κ3) is 5.12. The minimum absolute atomic E-state index is 0.0105. The molecular formula is C27H29N3O6S. The molecule has 1 aliphatic rings. The molecule has 37 heavy (non-hydrogen) atoms. The summed E-state index contributed by atoms with van der Waals surface area (Å²) in [6.07, 6.45) is 6.24. The fourth-order valence-corrected chi connectivity index (χ4v) is 6.41. The molecule has 0 saturated carbocycles. The third-order valence-corrected chi connectivity index (χ3v) is 8.54. The average molecular weight is 524 g/mol. The van der Waals surface area contributed by atoms with Gasteiger partial charge in [-0.2, -0.15) is 4.31 Å². The summed E-state index contributed by atoms with van der Waals surface area (Å²) in [4.78, 5) is 16.0. The van der Waals surface area contributed by atoms with Crippen LogP contribution in [0.3, 0.4) is 0 Å². The molecule has 2 aromatic carbocycles. The Hall–Kier alpha value is -3.63. The number of aliphatic carboxylic acids is 1. The Morgan fingerprint density at radius 2 is 1.89 bits per heavy atom. The Morgan fingerprint density at radius 3 is 2.51 bits per heavy atom. The Balaban J connectivity index is 1.37. The Bertz CT molecular complexity index is 1500. The number of oxazole rings is 1. The van der Waals surface area contributed by atoms with Gasteiger partial charge in [-0.1, -0.05) is 6.07 Å². The number of ether oxygens (including phenoxy) is 1. The van der Waals surface area contributed by atoms with Crippen molar-refractivity contribution in [1.82, 2.24) is 13.9 Å². The standard InChI is InChI=1S/C27H29N3O6S/c1-18(2)36-21-4-6-22(7-5-21)37(33,34)30-12-9-19(10-13-30)24-16-29(17-26(31)32)25-15-20(3-8-23(24)25)27-28-11-14-35-27/h3-8,11,14-16,18-19H,9-10,12-13,17H2,1-2H3,(H,31,32). The topological polar surface area (TPSA) is 115 Å². The summed E-state index contributed by atoms with van der Waals surface area (Å²) in [5.74, 6) is 0.277.